The molecule has 0 aliphatic carbocycles. The molecule has 2 aromatic rings. The quantitative estimate of drug-likeness (QED) is 0.671. The van der Waals surface area contributed by atoms with Gasteiger partial charge in [0.1, 0.15) is 6.07 Å². The number of imidazole rings is 1. The van der Waals surface area contributed by atoms with E-state index in [1.54, 1.807) is 0 Å². The topological polar surface area (TPSA) is 120 Å². The lowest BCUT2D eigenvalue weighted by molar-refractivity contribution is -0.151. The van der Waals surface area contributed by atoms with Crippen LogP contribution in [0.25, 0.3) is 0 Å². The number of hydrogen-bond donors (Lipinski definition) is 2. The number of carbonyl (C=O) groups is 2. The minimum Gasteiger partial charge on any atom is -0.468 e. The number of aromatic amines is 1. The largest absolute Gasteiger partial charge is 0.468 e. The molecule has 2 aliphatic heterocycles. The highest BCUT2D eigenvalue weighted by Crippen LogP contribution is 2.40. The SMILES string of the molecule is COC(=O)C1(c2ccc(NC(=O)c3nc(C#N)c[nH]3)c(N3CCC(C)CC3)c2)CCOCC1. The molecule has 0 spiro atoms. The van der Waals surface area contributed by atoms with Crippen LogP contribution < -0.4 is 10.2 Å². The van der Waals surface area contributed by atoms with E-state index in [0.29, 0.717) is 37.7 Å². The average Bonchev–Trinajstić information content (AvgIpc) is 3.34. The minimum absolute atomic E-state index is 0.0734. The number of hydrogen-bond acceptors (Lipinski definition) is 7. The van der Waals surface area contributed by atoms with Gasteiger partial charge >= 0.3 is 5.97 Å². The van der Waals surface area contributed by atoms with Gasteiger partial charge in [-0.15, -0.1) is 0 Å². The van der Waals surface area contributed by atoms with Crippen molar-refractivity contribution in [3.63, 3.8) is 0 Å². The van der Waals surface area contributed by atoms with Crippen LogP contribution in [0.2, 0.25) is 0 Å². The number of H-pyrrole nitrogens is 1. The highest BCUT2D eigenvalue weighted by Gasteiger charge is 2.43. The Kier molecular flexibility index (Phi) is 6.65. The molecule has 2 N–H and O–H groups in total. The fourth-order valence-electron chi connectivity index (χ4n) is 4.65. The number of rotatable bonds is 5. The molecule has 0 atom stereocenters. The maximum absolute atomic E-state index is 12.9. The summed E-state index contributed by atoms with van der Waals surface area (Å²) in [7, 11) is 1.42. The van der Waals surface area contributed by atoms with Gasteiger partial charge in [-0.05, 0) is 49.3 Å². The number of anilines is 2. The van der Waals surface area contributed by atoms with Gasteiger partial charge in [-0.2, -0.15) is 5.26 Å². The zero-order valence-electron chi connectivity index (χ0n) is 19.0. The van der Waals surface area contributed by atoms with Crippen LogP contribution >= 0.6 is 0 Å². The summed E-state index contributed by atoms with van der Waals surface area (Å²) >= 11 is 0. The normalized spacial score (nSPS) is 18.4. The number of benzene rings is 1. The standard InChI is InChI=1S/C24H29N5O4/c1-16-5-9-29(10-6-16)20-13-17(24(23(31)32-2)7-11-33-12-8-24)3-4-19(20)28-22(30)21-26-15-18(14-25)27-21/h3-4,13,15-16H,5-12H2,1-2H3,(H,26,27)(H,28,30). The Balaban J connectivity index is 1.71. The highest BCUT2D eigenvalue weighted by atomic mass is 16.5. The van der Waals surface area contributed by atoms with Gasteiger partial charge in [0.05, 0.1) is 23.9 Å². The smallest absolute Gasteiger partial charge is 0.316 e. The monoisotopic (exact) mass is 451 g/mol. The van der Waals surface area contributed by atoms with Gasteiger partial charge < -0.3 is 24.7 Å². The fourth-order valence-corrected chi connectivity index (χ4v) is 4.65. The lowest BCUT2D eigenvalue weighted by Gasteiger charge is -2.37. The van der Waals surface area contributed by atoms with E-state index in [9.17, 15) is 9.59 Å². The van der Waals surface area contributed by atoms with Crippen LogP contribution in [0.3, 0.4) is 0 Å². The summed E-state index contributed by atoms with van der Waals surface area (Å²) in [6.07, 6.45) is 4.60. The van der Waals surface area contributed by atoms with Crippen molar-refractivity contribution < 1.29 is 19.1 Å². The van der Waals surface area contributed by atoms with Gasteiger partial charge in [0, 0.05) is 32.5 Å². The van der Waals surface area contributed by atoms with Crippen LogP contribution in [-0.4, -0.2) is 55.3 Å². The van der Waals surface area contributed by atoms with Crippen LogP contribution in [-0.2, 0) is 19.7 Å². The van der Waals surface area contributed by atoms with Gasteiger partial charge in [-0.3, -0.25) is 9.59 Å². The van der Waals surface area contributed by atoms with E-state index in [0.717, 1.165) is 37.2 Å². The van der Waals surface area contributed by atoms with Crippen molar-refractivity contribution in [2.45, 2.75) is 38.0 Å². The first-order valence-corrected chi connectivity index (χ1v) is 11.3. The predicted octanol–water partition coefficient (Wildman–Crippen LogP) is 2.99. The van der Waals surface area contributed by atoms with Gasteiger partial charge in [-0.25, -0.2) is 4.98 Å². The Morgan fingerprint density at radius 2 is 2.03 bits per heavy atom. The average molecular weight is 452 g/mol. The number of ether oxygens (including phenoxy) is 2. The Hall–Kier alpha value is -3.38. The van der Waals surface area contributed by atoms with Gasteiger partial charge in [0.2, 0.25) is 0 Å². The number of piperidine rings is 1. The number of nitriles is 1. The fraction of sp³-hybridized carbons (Fsp3) is 0.500. The number of esters is 1. The molecular formula is C24H29N5O4. The molecule has 1 amide bonds. The van der Waals surface area contributed by atoms with Crippen molar-refractivity contribution in [1.29, 1.82) is 5.26 Å². The molecule has 0 saturated carbocycles. The highest BCUT2D eigenvalue weighted by molar-refractivity contribution is 6.04. The van der Waals surface area contributed by atoms with Crippen LogP contribution in [0.1, 0.15) is 54.5 Å². The number of amides is 1. The lowest BCUT2D eigenvalue weighted by Crippen LogP contribution is -2.42. The van der Waals surface area contributed by atoms with Crippen molar-refractivity contribution in [3.05, 3.63) is 41.5 Å². The Morgan fingerprint density at radius 3 is 2.67 bits per heavy atom. The molecule has 0 unspecified atom stereocenters. The van der Waals surface area contributed by atoms with Crippen LogP contribution in [0, 0.1) is 17.2 Å². The summed E-state index contributed by atoms with van der Waals surface area (Å²) in [6.45, 7) is 4.95. The number of aromatic nitrogens is 2. The summed E-state index contributed by atoms with van der Waals surface area (Å²) in [6, 6.07) is 7.65. The number of nitrogens with zero attached hydrogens (tertiary/aromatic N) is 3. The van der Waals surface area contributed by atoms with Crippen LogP contribution in [0.4, 0.5) is 11.4 Å². The van der Waals surface area contributed by atoms with E-state index >= 15 is 0 Å². The molecule has 2 aliphatic rings. The molecule has 0 radical (unpaired) electrons. The van der Waals surface area contributed by atoms with E-state index in [2.05, 4.69) is 27.1 Å². The van der Waals surface area contributed by atoms with Gasteiger partial charge in [-0.1, -0.05) is 13.0 Å². The predicted molar refractivity (Wildman–Crippen MR) is 122 cm³/mol. The number of carbonyl (C=O) groups excluding carboxylic acids is 2. The van der Waals surface area contributed by atoms with Crippen molar-refractivity contribution >= 4 is 23.3 Å². The third-order valence-corrected chi connectivity index (χ3v) is 6.75. The zero-order chi connectivity index (χ0) is 23.4. The third-order valence-electron chi connectivity index (χ3n) is 6.75. The van der Waals surface area contributed by atoms with E-state index in [1.165, 1.54) is 13.3 Å². The second-order valence-electron chi connectivity index (χ2n) is 8.79. The maximum atomic E-state index is 12.9. The first-order valence-electron chi connectivity index (χ1n) is 11.3. The van der Waals surface area contributed by atoms with E-state index in [-0.39, 0.29) is 17.5 Å². The summed E-state index contributed by atoms with van der Waals surface area (Å²) in [4.78, 5) is 34.7. The van der Waals surface area contributed by atoms with Gasteiger partial charge in [0.15, 0.2) is 11.5 Å². The van der Waals surface area contributed by atoms with Crippen LogP contribution in [0.5, 0.6) is 0 Å². The number of methoxy groups -OCH3 is 1. The molecule has 174 valence electrons. The number of nitrogens with one attached hydrogen (secondary N) is 2. The second kappa shape index (κ2) is 9.63. The molecule has 1 aromatic heterocycles. The molecule has 2 fully saturated rings. The van der Waals surface area contributed by atoms with E-state index in [4.69, 9.17) is 14.7 Å². The molecule has 0 bridgehead atoms. The Morgan fingerprint density at radius 1 is 1.30 bits per heavy atom. The summed E-state index contributed by atoms with van der Waals surface area (Å²) in [5.74, 6) is 0.0289. The summed E-state index contributed by atoms with van der Waals surface area (Å²) in [5, 5.41) is 11.9. The molecule has 4 rings (SSSR count). The third kappa shape index (κ3) is 4.57. The van der Waals surface area contributed by atoms with E-state index in [1.807, 2.05) is 24.3 Å². The molecule has 9 nitrogen and oxygen atoms in total. The van der Waals surface area contributed by atoms with Crippen LogP contribution in [0.15, 0.2) is 24.4 Å². The van der Waals surface area contributed by atoms with Crippen molar-refractivity contribution in [2.75, 3.05) is 43.6 Å². The molecule has 3 heterocycles. The summed E-state index contributed by atoms with van der Waals surface area (Å²) in [5.41, 5.74) is 1.76. The lowest BCUT2D eigenvalue weighted by atomic mass is 9.74. The van der Waals surface area contributed by atoms with Crippen molar-refractivity contribution in [2.24, 2.45) is 5.92 Å². The molecular weight excluding hydrogens is 422 g/mol. The minimum atomic E-state index is -0.768. The molecule has 2 saturated heterocycles. The summed E-state index contributed by atoms with van der Waals surface area (Å²) < 4.78 is 10.7. The van der Waals surface area contributed by atoms with E-state index < -0.39 is 11.3 Å². The first kappa shape index (κ1) is 22.8. The maximum Gasteiger partial charge on any atom is 0.316 e. The Bertz CT molecular complexity index is 1060. The van der Waals surface area contributed by atoms with Crippen molar-refractivity contribution in [3.8, 4) is 6.07 Å². The Labute approximate surface area is 193 Å². The molecule has 33 heavy (non-hydrogen) atoms. The van der Waals surface area contributed by atoms with Gasteiger partial charge in [0.25, 0.3) is 5.91 Å². The second-order valence-corrected chi connectivity index (χ2v) is 8.79. The first-order chi connectivity index (χ1) is 16.0. The molecule has 1 aromatic carbocycles. The van der Waals surface area contributed by atoms with Crippen molar-refractivity contribution in [1.82, 2.24) is 9.97 Å². The zero-order valence-corrected chi connectivity index (χ0v) is 19.0. The molecule has 9 heteroatoms.